The minimum Gasteiger partial charge on any atom is -0.507 e. The van der Waals surface area contributed by atoms with Crippen molar-refractivity contribution >= 4 is 23.2 Å². The fraction of sp³-hybridized carbons (Fsp3) is 0.0870. The molecular weight excluding hydrogens is 480 g/mol. The van der Waals surface area contributed by atoms with E-state index in [-0.39, 0.29) is 34.4 Å². The Morgan fingerprint density at radius 3 is 2.36 bits per heavy atom. The van der Waals surface area contributed by atoms with E-state index < -0.39 is 17.6 Å². The number of hydrogen-bond donors (Lipinski definition) is 2. The SMILES string of the molecule is Oc1cc(OCc2ccc(Cl)cc2)ccc1-c1n[nH]c(C(F)(F)F)c1Oc1ccccc1Cl. The largest absolute Gasteiger partial charge is 0.507 e. The van der Waals surface area contributed by atoms with Crippen LogP contribution in [0, 0.1) is 0 Å². The molecule has 0 atom stereocenters. The predicted octanol–water partition coefficient (Wildman–Crippen LogP) is 7.48. The summed E-state index contributed by atoms with van der Waals surface area (Å²) in [4.78, 5) is 0. The number of aromatic amines is 1. The molecule has 0 fully saturated rings. The second kappa shape index (κ2) is 9.25. The van der Waals surface area contributed by atoms with Gasteiger partial charge in [0.05, 0.1) is 5.02 Å². The van der Waals surface area contributed by atoms with Gasteiger partial charge in [-0.2, -0.15) is 18.3 Å². The zero-order chi connectivity index (χ0) is 23.6. The van der Waals surface area contributed by atoms with Crippen LogP contribution in [0.4, 0.5) is 13.2 Å². The first-order chi connectivity index (χ1) is 15.7. The molecule has 10 heteroatoms. The molecule has 0 aliphatic carbocycles. The Bertz CT molecular complexity index is 1270. The third kappa shape index (κ3) is 5.18. The molecule has 0 aliphatic rings. The first-order valence-corrected chi connectivity index (χ1v) is 10.3. The van der Waals surface area contributed by atoms with E-state index in [9.17, 15) is 18.3 Å². The van der Waals surface area contributed by atoms with Crippen molar-refractivity contribution < 1.29 is 27.8 Å². The number of alkyl halides is 3. The van der Waals surface area contributed by atoms with Crippen molar-refractivity contribution in [3.63, 3.8) is 0 Å². The third-order valence-corrected chi connectivity index (χ3v) is 5.16. The number of hydrogen-bond acceptors (Lipinski definition) is 4. The fourth-order valence-electron chi connectivity index (χ4n) is 2.99. The predicted molar refractivity (Wildman–Crippen MR) is 118 cm³/mol. The molecule has 0 saturated carbocycles. The van der Waals surface area contributed by atoms with Crippen molar-refractivity contribution in [3.05, 3.63) is 88.0 Å². The summed E-state index contributed by atoms with van der Waals surface area (Å²) in [7, 11) is 0. The standard InChI is InChI=1S/C23H15Cl2F3N2O3/c24-14-7-5-13(6-8-14)12-32-15-9-10-16(18(31)11-15)20-21(22(30-29-20)23(26,27)28)33-19-4-2-1-3-17(19)25/h1-11,31H,12H2,(H,29,30). The lowest BCUT2D eigenvalue weighted by molar-refractivity contribution is -0.142. The quantitative estimate of drug-likeness (QED) is 0.291. The summed E-state index contributed by atoms with van der Waals surface area (Å²) in [6.07, 6.45) is -4.78. The number of benzene rings is 3. The van der Waals surface area contributed by atoms with Crippen molar-refractivity contribution in [2.24, 2.45) is 0 Å². The van der Waals surface area contributed by atoms with Gasteiger partial charge in [-0.15, -0.1) is 0 Å². The summed E-state index contributed by atoms with van der Waals surface area (Å²) in [6.45, 7) is 0.206. The lowest BCUT2D eigenvalue weighted by Crippen LogP contribution is -2.07. The number of ether oxygens (including phenoxy) is 2. The molecule has 170 valence electrons. The van der Waals surface area contributed by atoms with E-state index in [2.05, 4.69) is 5.10 Å². The van der Waals surface area contributed by atoms with Crippen LogP contribution in [-0.4, -0.2) is 15.3 Å². The van der Waals surface area contributed by atoms with Crippen LogP contribution < -0.4 is 9.47 Å². The lowest BCUT2D eigenvalue weighted by atomic mass is 10.1. The Kier molecular flexibility index (Phi) is 6.40. The van der Waals surface area contributed by atoms with Gasteiger partial charge < -0.3 is 14.6 Å². The monoisotopic (exact) mass is 494 g/mol. The van der Waals surface area contributed by atoms with E-state index in [1.807, 2.05) is 5.10 Å². The van der Waals surface area contributed by atoms with Crippen molar-refractivity contribution in [2.45, 2.75) is 12.8 Å². The van der Waals surface area contributed by atoms with Gasteiger partial charge in [0.25, 0.3) is 0 Å². The number of para-hydroxylation sites is 1. The average Bonchev–Trinajstić information content (AvgIpc) is 3.19. The van der Waals surface area contributed by atoms with Gasteiger partial charge in [-0.1, -0.05) is 47.5 Å². The molecule has 1 heterocycles. The number of phenols is 1. The molecule has 0 saturated heterocycles. The van der Waals surface area contributed by atoms with Crippen molar-refractivity contribution in [3.8, 4) is 34.3 Å². The van der Waals surface area contributed by atoms with Gasteiger partial charge in [0.2, 0.25) is 0 Å². The Morgan fingerprint density at radius 2 is 1.70 bits per heavy atom. The van der Waals surface area contributed by atoms with Crippen LogP contribution in [0.5, 0.6) is 23.0 Å². The molecule has 33 heavy (non-hydrogen) atoms. The van der Waals surface area contributed by atoms with E-state index in [4.69, 9.17) is 32.7 Å². The number of halogens is 5. The van der Waals surface area contributed by atoms with E-state index in [1.54, 1.807) is 36.4 Å². The number of rotatable bonds is 6. The first-order valence-electron chi connectivity index (χ1n) is 9.51. The number of aromatic nitrogens is 2. The Balaban J connectivity index is 1.64. The number of H-pyrrole nitrogens is 1. The zero-order valence-electron chi connectivity index (χ0n) is 16.7. The van der Waals surface area contributed by atoms with Crippen LogP contribution in [0.3, 0.4) is 0 Å². The van der Waals surface area contributed by atoms with Crippen LogP contribution in [0.1, 0.15) is 11.3 Å². The van der Waals surface area contributed by atoms with Gasteiger partial charge in [-0.3, -0.25) is 5.10 Å². The van der Waals surface area contributed by atoms with Gasteiger partial charge in [-0.25, -0.2) is 0 Å². The lowest BCUT2D eigenvalue weighted by Gasteiger charge is -2.13. The van der Waals surface area contributed by atoms with Gasteiger partial charge in [-0.05, 0) is 42.0 Å². The summed E-state index contributed by atoms with van der Waals surface area (Å²) >= 11 is 11.9. The highest BCUT2D eigenvalue weighted by Crippen LogP contribution is 2.45. The summed E-state index contributed by atoms with van der Waals surface area (Å²) in [5, 5.41) is 16.9. The maximum Gasteiger partial charge on any atom is 0.436 e. The van der Waals surface area contributed by atoms with E-state index in [0.717, 1.165) is 5.56 Å². The molecule has 0 bridgehead atoms. The number of nitrogens with one attached hydrogen (secondary N) is 1. The topological polar surface area (TPSA) is 67.4 Å². The first kappa shape index (κ1) is 22.8. The number of aromatic hydroxyl groups is 1. The molecular formula is C23H15Cl2F3N2O3. The van der Waals surface area contributed by atoms with Crippen molar-refractivity contribution in [1.82, 2.24) is 10.2 Å². The Morgan fingerprint density at radius 1 is 0.970 bits per heavy atom. The molecule has 2 N–H and O–H groups in total. The minimum absolute atomic E-state index is 0.00900. The highest BCUT2D eigenvalue weighted by Gasteiger charge is 2.39. The van der Waals surface area contributed by atoms with Crippen molar-refractivity contribution in [2.75, 3.05) is 0 Å². The molecule has 4 rings (SSSR count). The van der Waals surface area contributed by atoms with Crippen LogP contribution in [0.25, 0.3) is 11.3 Å². The second-order valence-corrected chi connectivity index (χ2v) is 7.74. The molecule has 3 aromatic carbocycles. The Hall–Kier alpha value is -3.36. The van der Waals surface area contributed by atoms with Gasteiger partial charge in [0.15, 0.2) is 11.4 Å². The summed E-state index contributed by atoms with van der Waals surface area (Å²) in [5.74, 6) is -0.630. The van der Waals surface area contributed by atoms with Gasteiger partial charge in [0.1, 0.15) is 29.5 Å². The smallest absolute Gasteiger partial charge is 0.436 e. The zero-order valence-corrected chi connectivity index (χ0v) is 18.2. The van der Waals surface area contributed by atoms with Crippen LogP contribution in [-0.2, 0) is 12.8 Å². The van der Waals surface area contributed by atoms with Crippen LogP contribution in [0.2, 0.25) is 10.0 Å². The minimum atomic E-state index is -4.78. The van der Waals surface area contributed by atoms with E-state index in [0.29, 0.717) is 10.8 Å². The average molecular weight is 495 g/mol. The van der Waals surface area contributed by atoms with E-state index >= 15 is 0 Å². The molecule has 4 aromatic rings. The van der Waals surface area contributed by atoms with Crippen LogP contribution in [0.15, 0.2) is 66.7 Å². The Labute approximate surface area is 196 Å². The summed E-state index contributed by atoms with van der Waals surface area (Å²) in [6, 6.07) is 17.3. The number of phenolic OH excluding ortho intramolecular Hbond substituents is 1. The highest BCUT2D eigenvalue weighted by molar-refractivity contribution is 6.32. The molecule has 0 radical (unpaired) electrons. The van der Waals surface area contributed by atoms with Gasteiger partial charge in [0, 0.05) is 16.7 Å². The second-order valence-electron chi connectivity index (χ2n) is 6.90. The normalized spacial score (nSPS) is 11.4. The molecule has 0 unspecified atom stereocenters. The summed E-state index contributed by atoms with van der Waals surface area (Å²) < 4.78 is 51.8. The van der Waals surface area contributed by atoms with Gasteiger partial charge >= 0.3 is 6.18 Å². The third-order valence-electron chi connectivity index (χ3n) is 4.60. The molecule has 0 aliphatic heterocycles. The maximum atomic E-state index is 13.6. The molecule has 1 aromatic heterocycles. The van der Waals surface area contributed by atoms with Crippen LogP contribution >= 0.6 is 23.2 Å². The highest BCUT2D eigenvalue weighted by atomic mass is 35.5. The molecule has 0 spiro atoms. The fourth-order valence-corrected chi connectivity index (χ4v) is 3.29. The molecule has 0 amide bonds. The summed E-state index contributed by atoms with van der Waals surface area (Å²) in [5.41, 5.74) is -0.577. The number of nitrogens with zero attached hydrogens (tertiary/aromatic N) is 1. The molecule has 5 nitrogen and oxygen atoms in total. The van der Waals surface area contributed by atoms with E-state index in [1.165, 1.54) is 30.3 Å². The van der Waals surface area contributed by atoms with Crippen molar-refractivity contribution in [1.29, 1.82) is 0 Å². The maximum absolute atomic E-state index is 13.6.